The average Bonchev–Trinajstić information content (AvgIpc) is 3.23. The number of anilines is 2. The first-order valence-corrected chi connectivity index (χ1v) is 6.82. The molecule has 0 saturated heterocycles. The number of hydrogen-bond acceptors (Lipinski definition) is 6. The third-order valence-corrected chi connectivity index (χ3v) is 3.51. The highest BCUT2D eigenvalue weighted by Gasteiger charge is 2.29. The Morgan fingerprint density at radius 3 is 2.89 bits per heavy atom. The molecule has 1 unspecified atom stereocenters. The van der Waals surface area contributed by atoms with E-state index in [4.69, 9.17) is 10.5 Å². The number of likely N-dealkylation sites (N-methyl/N-ethyl adjacent to an activating group) is 1. The largest absolute Gasteiger partial charge is 0.476 e. The number of nitrogens with zero attached hydrogens (tertiary/aromatic N) is 3. The first-order chi connectivity index (χ1) is 9.13. The quantitative estimate of drug-likeness (QED) is 0.775. The molecule has 1 saturated carbocycles. The molecule has 0 amide bonds. The molecular formula is C13H23N5O. The molecule has 1 aliphatic rings. The molecular weight excluding hydrogens is 242 g/mol. The van der Waals surface area contributed by atoms with Gasteiger partial charge >= 0.3 is 0 Å². The lowest BCUT2D eigenvalue weighted by Gasteiger charge is -2.25. The molecule has 3 N–H and O–H groups in total. The molecule has 6 nitrogen and oxygen atoms in total. The van der Waals surface area contributed by atoms with Crippen molar-refractivity contribution in [3.63, 3.8) is 0 Å². The molecule has 1 atom stereocenters. The molecule has 1 heterocycles. The van der Waals surface area contributed by atoms with E-state index in [2.05, 4.69) is 34.2 Å². The Bertz CT molecular complexity index is 421. The van der Waals surface area contributed by atoms with Gasteiger partial charge < -0.3 is 15.8 Å². The second-order valence-corrected chi connectivity index (χ2v) is 5.00. The van der Waals surface area contributed by atoms with Crippen LogP contribution in [0.1, 0.15) is 26.7 Å². The minimum atomic E-state index is 0.442. The smallest absolute Gasteiger partial charge is 0.242 e. The summed E-state index contributed by atoms with van der Waals surface area (Å²) in [5.74, 6) is 1.10. The SMILES string of the molecule is CCOc1ncnc(NCC(C)N(C)C2CC2)c1N. The van der Waals surface area contributed by atoms with Crippen molar-refractivity contribution >= 4 is 11.5 Å². The Hall–Kier alpha value is -1.56. The lowest BCUT2D eigenvalue weighted by atomic mass is 10.3. The molecule has 0 aliphatic heterocycles. The number of rotatable bonds is 7. The van der Waals surface area contributed by atoms with Crippen molar-refractivity contribution < 1.29 is 4.74 Å². The molecule has 0 radical (unpaired) electrons. The Kier molecular flexibility index (Phi) is 4.42. The highest BCUT2D eigenvalue weighted by Crippen LogP contribution is 2.28. The van der Waals surface area contributed by atoms with Gasteiger partial charge in [0.05, 0.1) is 6.61 Å². The molecule has 0 spiro atoms. The van der Waals surface area contributed by atoms with Gasteiger partial charge in [-0.25, -0.2) is 4.98 Å². The third-order valence-electron chi connectivity index (χ3n) is 3.51. The van der Waals surface area contributed by atoms with Crippen LogP contribution < -0.4 is 15.8 Å². The van der Waals surface area contributed by atoms with Crippen molar-refractivity contribution in [3.05, 3.63) is 6.33 Å². The summed E-state index contributed by atoms with van der Waals surface area (Å²) < 4.78 is 5.35. The molecule has 1 aromatic rings. The van der Waals surface area contributed by atoms with Gasteiger partial charge in [-0.05, 0) is 33.7 Å². The summed E-state index contributed by atoms with van der Waals surface area (Å²) in [6.07, 6.45) is 4.09. The molecule has 106 valence electrons. The summed E-state index contributed by atoms with van der Waals surface area (Å²) >= 11 is 0. The van der Waals surface area contributed by atoms with E-state index in [1.807, 2.05) is 6.92 Å². The number of nitrogens with two attached hydrogens (primary N) is 1. The number of ether oxygens (including phenoxy) is 1. The van der Waals surface area contributed by atoms with Gasteiger partial charge in [0.25, 0.3) is 0 Å². The zero-order valence-electron chi connectivity index (χ0n) is 11.9. The monoisotopic (exact) mass is 265 g/mol. The van der Waals surface area contributed by atoms with Crippen LogP contribution in [0.15, 0.2) is 6.33 Å². The fourth-order valence-electron chi connectivity index (χ4n) is 2.00. The maximum atomic E-state index is 5.98. The summed E-state index contributed by atoms with van der Waals surface area (Å²) in [4.78, 5) is 10.6. The van der Waals surface area contributed by atoms with Gasteiger partial charge in [-0.2, -0.15) is 4.98 Å². The van der Waals surface area contributed by atoms with E-state index in [9.17, 15) is 0 Å². The lowest BCUT2D eigenvalue weighted by molar-refractivity contribution is 0.257. The van der Waals surface area contributed by atoms with E-state index < -0.39 is 0 Å². The Morgan fingerprint density at radius 1 is 1.53 bits per heavy atom. The van der Waals surface area contributed by atoms with E-state index in [0.717, 1.165) is 12.6 Å². The molecule has 0 aromatic carbocycles. The minimum Gasteiger partial charge on any atom is -0.476 e. The van der Waals surface area contributed by atoms with Crippen LogP contribution in [0.25, 0.3) is 0 Å². The summed E-state index contributed by atoms with van der Waals surface area (Å²) in [5, 5.41) is 3.28. The maximum Gasteiger partial charge on any atom is 0.242 e. The minimum absolute atomic E-state index is 0.442. The van der Waals surface area contributed by atoms with Gasteiger partial charge in [0.15, 0.2) is 5.82 Å². The second kappa shape index (κ2) is 6.06. The molecule has 0 bridgehead atoms. The number of aromatic nitrogens is 2. The summed E-state index contributed by atoms with van der Waals surface area (Å²) in [6.45, 7) is 5.45. The van der Waals surface area contributed by atoms with Crippen LogP contribution in [-0.2, 0) is 0 Å². The van der Waals surface area contributed by atoms with Crippen molar-refractivity contribution in [2.75, 3.05) is 31.2 Å². The van der Waals surface area contributed by atoms with Crippen molar-refractivity contribution in [2.24, 2.45) is 0 Å². The number of hydrogen-bond donors (Lipinski definition) is 2. The van der Waals surface area contributed by atoms with Crippen LogP contribution >= 0.6 is 0 Å². The lowest BCUT2D eigenvalue weighted by Crippen LogP contribution is -2.36. The Labute approximate surface area is 114 Å². The fraction of sp³-hybridized carbons (Fsp3) is 0.692. The fourth-order valence-corrected chi connectivity index (χ4v) is 2.00. The van der Waals surface area contributed by atoms with E-state index in [1.165, 1.54) is 19.2 Å². The van der Waals surface area contributed by atoms with Gasteiger partial charge in [0.1, 0.15) is 12.0 Å². The van der Waals surface area contributed by atoms with Gasteiger partial charge in [0.2, 0.25) is 5.88 Å². The van der Waals surface area contributed by atoms with Crippen LogP contribution in [0.2, 0.25) is 0 Å². The van der Waals surface area contributed by atoms with Gasteiger partial charge in [-0.1, -0.05) is 0 Å². The van der Waals surface area contributed by atoms with Crippen molar-refractivity contribution in [2.45, 2.75) is 38.8 Å². The van der Waals surface area contributed by atoms with Crippen molar-refractivity contribution in [1.29, 1.82) is 0 Å². The van der Waals surface area contributed by atoms with Crippen molar-refractivity contribution in [3.8, 4) is 5.88 Å². The topological polar surface area (TPSA) is 76.3 Å². The Morgan fingerprint density at radius 2 is 2.26 bits per heavy atom. The van der Waals surface area contributed by atoms with Gasteiger partial charge in [-0.3, -0.25) is 4.90 Å². The second-order valence-electron chi connectivity index (χ2n) is 5.00. The molecule has 1 aliphatic carbocycles. The predicted molar refractivity (Wildman–Crippen MR) is 76.4 cm³/mol. The first-order valence-electron chi connectivity index (χ1n) is 6.82. The van der Waals surface area contributed by atoms with E-state index in [0.29, 0.717) is 30.0 Å². The molecule has 1 fully saturated rings. The molecule has 6 heteroatoms. The van der Waals surface area contributed by atoms with Crippen LogP contribution in [0.5, 0.6) is 5.88 Å². The van der Waals surface area contributed by atoms with Crippen LogP contribution in [0, 0.1) is 0 Å². The predicted octanol–water partition coefficient (Wildman–Crippen LogP) is 1.35. The molecule has 2 rings (SSSR count). The normalized spacial score (nSPS) is 16.4. The van der Waals surface area contributed by atoms with E-state index >= 15 is 0 Å². The van der Waals surface area contributed by atoms with E-state index in [-0.39, 0.29) is 0 Å². The van der Waals surface area contributed by atoms with Crippen LogP contribution in [0.4, 0.5) is 11.5 Å². The Balaban J connectivity index is 1.93. The van der Waals surface area contributed by atoms with Crippen molar-refractivity contribution in [1.82, 2.24) is 14.9 Å². The standard InChI is InChI=1S/C13H23N5O/c1-4-19-13-11(14)12(16-8-17-13)15-7-9(2)18(3)10-5-6-10/h8-10H,4-7,14H2,1-3H3,(H,15,16,17). The zero-order chi connectivity index (χ0) is 13.8. The average molecular weight is 265 g/mol. The highest BCUT2D eigenvalue weighted by molar-refractivity contribution is 5.66. The maximum absolute atomic E-state index is 5.98. The highest BCUT2D eigenvalue weighted by atomic mass is 16.5. The van der Waals surface area contributed by atoms with Crippen LogP contribution in [-0.4, -0.2) is 47.2 Å². The van der Waals surface area contributed by atoms with E-state index in [1.54, 1.807) is 0 Å². The zero-order valence-corrected chi connectivity index (χ0v) is 11.9. The first kappa shape index (κ1) is 13.9. The molecule has 19 heavy (non-hydrogen) atoms. The summed E-state index contributed by atoms with van der Waals surface area (Å²) in [7, 11) is 2.17. The summed E-state index contributed by atoms with van der Waals surface area (Å²) in [6, 6.07) is 1.19. The molecule has 1 aromatic heterocycles. The third kappa shape index (κ3) is 3.47. The van der Waals surface area contributed by atoms with Crippen LogP contribution in [0.3, 0.4) is 0 Å². The summed E-state index contributed by atoms with van der Waals surface area (Å²) in [5.41, 5.74) is 6.46. The van der Waals surface area contributed by atoms with Gasteiger partial charge in [-0.15, -0.1) is 0 Å². The van der Waals surface area contributed by atoms with Gasteiger partial charge in [0, 0.05) is 18.6 Å². The number of nitrogens with one attached hydrogen (secondary N) is 1. The number of nitrogen functional groups attached to an aromatic ring is 1.